The van der Waals surface area contributed by atoms with Crippen LogP contribution in [0.15, 0.2) is 18.2 Å². The third-order valence-electron chi connectivity index (χ3n) is 2.55. The van der Waals surface area contributed by atoms with Crippen molar-refractivity contribution in [2.45, 2.75) is 13.3 Å². The van der Waals surface area contributed by atoms with Gasteiger partial charge in [0, 0.05) is 25.8 Å². The van der Waals surface area contributed by atoms with Crippen molar-refractivity contribution in [3.8, 4) is 0 Å². The first-order valence-corrected chi connectivity index (χ1v) is 5.42. The number of nitrogens with zero attached hydrogens (tertiary/aromatic N) is 1. The molecule has 4 nitrogen and oxygen atoms in total. The predicted octanol–water partition coefficient (Wildman–Crippen LogP) is 1.97. The second kappa shape index (κ2) is 4.53. The van der Waals surface area contributed by atoms with Gasteiger partial charge in [0.05, 0.1) is 11.0 Å². The molecule has 0 spiro atoms. The van der Waals surface area contributed by atoms with Crippen molar-refractivity contribution >= 4 is 16.7 Å². The number of anilines is 1. The highest BCUT2D eigenvalue weighted by Gasteiger charge is 2.07. The van der Waals surface area contributed by atoms with Gasteiger partial charge in [0.2, 0.25) is 0 Å². The molecule has 1 unspecified atom stereocenters. The molecule has 0 bridgehead atoms. The molecule has 0 radical (unpaired) electrons. The van der Waals surface area contributed by atoms with Crippen molar-refractivity contribution in [2.24, 2.45) is 5.92 Å². The van der Waals surface area contributed by atoms with Gasteiger partial charge in [-0.25, -0.2) is 4.98 Å². The second-order valence-electron chi connectivity index (χ2n) is 4.22. The molecule has 2 rings (SSSR count). The van der Waals surface area contributed by atoms with Crippen LogP contribution in [0.25, 0.3) is 11.0 Å². The lowest BCUT2D eigenvalue weighted by molar-refractivity contribution is 0.159. The van der Waals surface area contributed by atoms with Crippen LogP contribution in [0.1, 0.15) is 12.7 Å². The summed E-state index contributed by atoms with van der Waals surface area (Å²) in [6.45, 7) is 2.89. The van der Waals surface area contributed by atoms with Crippen molar-refractivity contribution < 1.29 is 4.74 Å². The summed E-state index contributed by atoms with van der Waals surface area (Å²) < 4.78 is 5.11. The molecular weight excluding hydrogens is 202 g/mol. The quantitative estimate of drug-likeness (QED) is 0.773. The fraction of sp³-hybridized carbons (Fsp3) is 0.417. The lowest BCUT2D eigenvalue weighted by atomic mass is 10.1. The van der Waals surface area contributed by atoms with E-state index < -0.39 is 0 Å². The number of nitrogens with two attached hydrogens (primary N) is 1. The Morgan fingerprint density at radius 1 is 1.50 bits per heavy atom. The van der Waals surface area contributed by atoms with Crippen molar-refractivity contribution in [3.05, 3.63) is 24.0 Å². The number of H-pyrrole nitrogens is 1. The standard InChI is InChI=1S/C12H17N3O/c1-8(7-16-2)5-12-14-10-4-3-9(13)6-11(10)15-12/h3-4,6,8H,5,7,13H2,1-2H3,(H,14,15). The largest absolute Gasteiger partial charge is 0.399 e. The summed E-state index contributed by atoms with van der Waals surface area (Å²) in [6, 6.07) is 5.71. The highest BCUT2D eigenvalue weighted by atomic mass is 16.5. The third-order valence-corrected chi connectivity index (χ3v) is 2.55. The fourth-order valence-electron chi connectivity index (χ4n) is 1.85. The number of aromatic amines is 1. The summed E-state index contributed by atoms with van der Waals surface area (Å²) in [7, 11) is 1.72. The number of ether oxygens (including phenoxy) is 1. The molecule has 1 heterocycles. The van der Waals surface area contributed by atoms with E-state index in [2.05, 4.69) is 16.9 Å². The molecule has 0 saturated carbocycles. The minimum absolute atomic E-state index is 0.461. The zero-order chi connectivity index (χ0) is 11.5. The van der Waals surface area contributed by atoms with E-state index in [1.165, 1.54) is 0 Å². The topological polar surface area (TPSA) is 63.9 Å². The van der Waals surface area contributed by atoms with Crippen LogP contribution in [-0.4, -0.2) is 23.7 Å². The molecule has 1 aromatic heterocycles. The van der Waals surface area contributed by atoms with Crippen LogP contribution in [0.4, 0.5) is 5.69 Å². The summed E-state index contributed by atoms with van der Waals surface area (Å²) in [6.07, 6.45) is 0.891. The highest BCUT2D eigenvalue weighted by Crippen LogP contribution is 2.16. The predicted molar refractivity (Wildman–Crippen MR) is 65.3 cm³/mol. The van der Waals surface area contributed by atoms with Crippen LogP contribution in [0.2, 0.25) is 0 Å². The molecule has 86 valence electrons. The smallest absolute Gasteiger partial charge is 0.107 e. The maximum atomic E-state index is 5.71. The second-order valence-corrected chi connectivity index (χ2v) is 4.22. The van der Waals surface area contributed by atoms with E-state index in [0.717, 1.165) is 35.6 Å². The molecular formula is C12H17N3O. The maximum absolute atomic E-state index is 5.71. The molecule has 16 heavy (non-hydrogen) atoms. The molecule has 4 heteroatoms. The Morgan fingerprint density at radius 3 is 3.06 bits per heavy atom. The average Bonchev–Trinajstić information content (AvgIpc) is 2.59. The van der Waals surface area contributed by atoms with Gasteiger partial charge in [0.1, 0.15) is 5.82 Å². The van der Waals surface area contributed by atoms with Crippen LogP contribution in [0, 0.1) is 5.92 Å². The van der Waals surface area contributed by atoms with Crippen molar-refractivity contribution in [1.82, 2.24) is 9.97 Å². The molecule has 0 aliphatic rings. The van der Waals surface area contributed by atoms with Crippen LogP contribution in [0.3, 0.4) is 0 Å². The number of nitrogen functional groups attached to an aromatic ring is 1. The van der Waals surface area contributed by atoms with E-state index in [1.807, 2.05) is 18.2 Å². The van der Waals surface area contributed by atoms with Crippen molar-refractivity contribution in [2.75, 3.05) is 19.5 Å². The third kappa shape index (κ3) is 2.33. The number of methoxy groups -OCH3 is 1. The average molecular weight is 219 g/mol. The normalized spacial score (nSPS) is 13.1. The first-order valence-electron chi connectivity index (χ1n) is 5.42. The van der Waals surface area contributed by atoms with E-state index in [1.54, 1.807) is 7.11 Å². The lowest BCUT2D eigenvalue weighted by Crippen LogP contribution is -2.07. The van der Waals surface area contributed by atoms with E-state index in [9.17, 15) is 0 Å². The van der Waals surface area contributed by atoms with Crippen molar-refractivity contribution in [1.29, 1.82) is 0 Å². The summed E-state index contributed by atoms with van der Waals surface area (Å²) in [5.41, 5.74) is 8.44. The minimum Gasteiger partial charge on any atom is -0.399 e. The number of nitrogens with one attached hydrogen (secondary N) is 1. The SMILES string of the molecule is COCC(C)Cc1nc2ccc(N)cc2[nH]1. The molecule has 0 saturated heterocycles. The summed E-state index contributed by atoms with van der Waals surface area (Å²) >= 11 is 0. The Bertz CT molecular complexity index is 478. The number of aromatic nitrogens is 2. The van der Waals surface area contributed by atoms with E-state index in [-0.39, 0.29) is 0 Å². The van der Waals surface area contributed by atoms with Crippen molar-refractivity contribution in [3.63, 3.8) is 0 Å². The zero-order valence-electron chi connectivity index (χ0n) is 9.66. The Balaban J connectivity index is 2.19. The van der Waals surface area contributed by atoms with Crippen LogP contribution in [0.5, 0.6) is 0 Å². The van der Waals surface area contributed by atoms with E-state index in [0.29, 0.717) is 5.92 Å². The number of fused-ring (bicyclic) bond motifs is 1. The number of imidazole rings is 1. The summed E-state index contributed by atoms with van der Waals surface area (Å²) in [4.78, 5) is 7.79. The van der Waals surface area contributed by atoms with Gasteiger partial charge < -0.3 is 15.5 Å². The number of rotatable bonds is 4. The van der Waals surface area contributed by atoms with Gasteiger partial charge in [-0.05, 0) is 24.1 Å². The van der Waals surface area contributed by atoms with Gasteiger partial charge in [0.25, 0.3) is 0 Å². The van der Waals surface area contributed by atoms with E-state index in [4.69, 9.17) is 10.5 Å². The van der Waals surface area contributed by atoms with Gasteiger partial charge in [-0.2, -0.15) is 0 Å². The molecule has 0 amide bonds. The maximum Gasteiger partial charge on any atom is 0.107 e. The van der Waals surface area contributed by atoms with Crippen LogP contribution < -0.4 is 5.73 Å². The van der Waals surface area contributed by atoms with Gasteiger partial charge in [0.15, 0.2) is 0 Å². The van der Waals surface area contributed by atoms with Gasteiger partial charge >= 0.3 is 0 Å². The van der Waals surface area contributed by atoms with Gasteiger partial charge in [-0.15, -0.1) is 0 Å². The van der Waals surface area contributed by atoms with E-state index >= 15 is 0 Å². The zero-order valence-corrected chi connectivity index (χ0v) is 9.66. The molecule has 0 aliphatic carbocycles. The van der Waals surface area contributed by atoms with Crippen LogP contribution in [-0.2, 0) is 11.2 Å². The lowest BCUT2D eigenvalue weighted by Gasteiger charge is -2.06. The number of benzene rings is 1. The molecule has 0 aliphatic heterocycles. The van der Waals surface area contributed by atoms with Gasteiger partial charge in [-0.3, -0.25) is 0 Å². The Kier molecular flexibility index (Phi) is 3.10. The Morgan fingerprint density at radius 2 is 2.31 bits per heavy atom. The molecule has 0 fully saturated rings. The fourth-order valence-corrected chi connectivity index (χ4v) is 1.85. The first-order chi connectivity index (χ1) is 7.69. The first kappa shape index (κ1) is 11.0. The Labute approximate surface area is 94.8 Å². The Hall–Kier alpha value is -1.55. The number of hydrogen-bond acceptors (Lipinski definition) is 3. The van der Waals surface area contributed by atoms with Gasteiger partial charge in [-0.1, -0.05) is 6.92 Å². The summed E-state index contributed by atoms with van der Waals surface area (Å²) in [5.74, 6) is 1.45. The summed E-state index contributed by atoms with van der Waals surface area (Å²) in [5, 5.41) is 0. The molecule has 1 atom stereocenters. The minimum atomic E-state index is 0.461. The molecule has 3 N–H and O–H groups in total. The number of hydrogen-bond donors (Lipinski definition) is 2. The molecule has 1 aromatic carbocycles. The highest BCUT2D eigenvalue weighted by molar-refractivity contribution is 5.78. The monoisotopic (exact) mass is 219 g/mol. The van der Waals surface area contributed by atoms with Crippen LogP contribution >= 0.6 is 0 Å². The molecule has 2 aromatic rings.